The number of nitrogens with zero attached hydrogens (tertiary/aromatic N) is 2. The van der Waals surface area contributed by atoms with E-state index >= 15 is 0 Å². The summed E-state index contributed by atoms with van der Waals surface area (Å²) in [5.41, 5.74) is 1.24. The van der Waals surface area contributed by atoms with Crippen LogP contribution in [0.15, 0.2) is 29.3 Å². The zero-order valence-electron chi connectivity index (χ0n) is 17.6. The Balaban J connectivity index is 0.00000676. The van der Waals surface area contributed by atoms with E-state index < -0.39 is 0 Å². The van der Waals surface area contributed by atoms with E-state index in [1.165, 1.54) is 5.56 Å². The number of likely N-dealkylation sites (N-methyl/N-ethyl adjacent to an activating group) is 1. The van der Waals surface area contributed by atoms with Crippen molar-refractivity contribution >= 4 is 29.9 Å². The van der Waals surface area contributed by atoms with Gasteiger partial charge in [0.05, 0.1) is 13.2 Å². The van der Waals surface area contributed by atoms with Gasteiger partial charge in [-0.3, -0.25) is 4.99 Å². The molecule has 0 aliphatic rings. The van der Waals surface area contributed by atoms with Crippen molar-refractivity contribution in [2.24, 2.45) is 10.9 Å². The van der Waals surface area contributed by atoms with Gasteiger partial charge < -0.3 is 25.0 Å². The topological polar surface area (TPSA) is 58.1 Å². The predicted molar refractivity (Wildman–Crippen MR) is 124 cm³/mol. The Morgan fingerprint density at radius 3 is 2.33 bits per heavy atom. The summed E-state index contributed by atoms with van der Waals surface area (Å²) < 4.78 is 10.8. The molecule has 0 saturated carbocycles. The largest absolute Gasteiger partial charge is 0.497 e. The summed E-state index contributed by atoms with van der Waals surface area (Å²) in [5.74, 6) is 2.27. The lowest BCUT2D eigenvalue weighted by Crippen LogP contribution is -2.42. The third kappa shape index (κ3) is 10.8. The summed E-state index contributed by atoms with van der Waals surface area (Å²) in [7, 11) is 7.64. The molecule has 6 nitrogen and oxygen atoms in total. The van der Waals surface area contributed by atoms with Crippen molar-refractivity contribution in [2.45, 2.75) is 26.3 Å². The van der Waals surface area contributed by atoms with Crippen molar-refractivity contribution in [1.82, 2.24) is 15.5 Å². The molecule has 1 atom stereocenters. The predicted octanol–water partition coefficient (Wildman–Crippen LogP) is 3.14. The fourth-order valence-electron chi connectivity index (χ4n) is 2.54. The molecule has 7 heteroatoms. The van der Waals surface area contributed by atoms with E-state index in [9.17, 15) is 0 Å². The Morgan fingerprint density at radius 1 is 1.15 bits per heavy atom. The Morgan fingerprint density at radius 2 is 1.81 bits per heavy atom. The molecule has 1 aromatic carbocycles. The van der Waals surface area contributed by atoms with E-state index in [4.69, 9.17) is 9.47 Å². The van der Waals surface area contributed by atoms with Gasteiger partial charge in [-0.2, -0.15) is 0 Å². The standard InChI is InChI=1S/C20H36N4O2.HI/c1-16(2)15-26-13-7-12-22-20(21-3)23-14-19(24(4)5)17-8-10-18(25-6)11-9-17;/h8-11,16,19H,7,12-15H2,1-6H3,(H2,21,22,23);1H. The van der Waals surface area contributed by atoms with Crippen LogP contribution in [-0.2, 0) is 4.74 Å². The number of nitrogens with one attached hydrogen (secondary N) is 2. The average Bonchev–Trinajstić information content (AvgIpc) is 2.62. The minimum atomic E-state index is 0. The summed E-state index contributed by atoms with van der Waals surface area (Å²) in [6, 6.07) is 8.45. The van der Waals surface area contributed by atoms with E-state index in [0.717, 1.165) is 44.4 Å². The lowest BCUT2D eigenvalue weighted by molar-refractivity contribution is 0.108. The second-order valence-corrected chi connectivity index (χ2v) is 6.95. The minimum Gasteiger partial charge on any atom is -0.497 e. The number of hydrogen-bond donors (Lipinski definition) is 2. The first-order valence-corrected chi connectivity index (χ1v) is 9.30. The molecule has 1 rings (SSSR count). The van der Waals surface area contributed by atoms with Gasteiger partial charge in [-0.05, 0) is 44.1 Å². The van der Waals surface area contributed by atoms with Crippen LogP contribution in [0, 0.1) is 5.92 Å². The molecular formula is C20H37IN4O2. The first kappa shape index (κ1) is 25.9. The minimum absolute atomic E-state index is 0. The van der Waals surface area contributed by atoms with Crippen LogP contribution < -0.4 is 15.4 Å². The number of hydrogen-bond acceptors (Lipinski definition) is 4. The Hall–Kier alpha value is -1.06. The van der Waals surface area contributed by atoms with Crippen molar-refractivity contribution in [3.8, 4) is 5.75 Å². The molecule has 0 aliphatic carbocycles. The van der Waals surface area contributed by atoms with Crippen LogP contribution in [-0.4, -0.2) is 65.4 Å². The van der Waals surface area contributed by atoms with Crippen molar-refractivity contribution in [3.05, 3.63) is 29.8 Å². The van der Waals surface area contributed by atoms with E-state index in [-0.39, 0.29) is 30.0 Å². The Bertz CT molecular complexity index is 521. The summed E-state index contributed by atoms with van der Waals surface area (Å²) in [5, 5.41) is 6.75. The van der Waals surface area contributed by atoms with Gasteiger partial charge in [-0.15, -0.1) is 24.0 Å². The quantitative estimate of drug-likeness (QED) is 0.215. The zero-order valence-corrected chi connectivity index (χ0v) is 19.9. The molecule has 0 heterocycles. The monoisotopic (exact) mass is 492 g/mol. The number of guanidine groups is 1. The van der Waals surface area contributed by atoms with Crippen LogP contribution in [0.1, 0.15) is 31.9 Å². The van der Waals surface area contributed by atoms with Crippen molar-refractivity contribution in [1.29, 1.82) is 0 Å². The third-order valence-electron chi connectivity index (χ3n) is 4.02. The third-order valence-corrected chi connectivity index (χ3v) is 4.02. The summed E-state index contributed by atoms with van der Waals surface area (Å²) in [6.45, 7) is 7.52. The first-order chi connectivity index (χ1) is 12.5. The lowest BCUT2D eigenvalue weighted by Gasteiger charge is -2.26. The number of aliphatic imine (C=N–C) groups is 1. The van der Waals surface area contributed by atoms with Crippen molar-refractivity contribution in [2.75, 3.05) is 54.6 Å². The highest BCUT2D eigenvalue weighted by Gasteiger charge is 2.14. The Kier molecular flexibility index (Phi) is 14.3. The van der Waals surface area contributed by atoms with Crippen molar-refractivity contribution < 1.29 is 9.47 Å². The van der Waals surface area contributed by atoms with E-state index in [1.807, 2.05) is 12.1 Å². The van der Waals surface area contributed by atoms with E-state index in [2.05, 4.69) is 60.6 Å². The van der Waals surface area contributed by atoms with Gasteiger partial charge in [0, 0.05) is 33.4 Å². The number of methoxy groups -OCH3 is 1. The highest BCUT2D eigenvalue weighted by atomic mass is 127. The van der Waals surface area contributed by atoms with Gasteiger partial charge in [0.15, 0.2) is 5.96 Å². The fraction of sp³-hybridized carbons (Fsp3) is 0.650. The average molecular weight is 492 g/mol. The van der Waals surface area contributed by atoms with Crippen LogP contribution in [0.2, 0.25) is 0 Å². The molecule has 2 N–H and O–H groups in total. The van der Waals surface area contributed by atoms with Crippen LogP contribution in [0.5, 0.6) is 5.75 Å². The highest BCUT2D eigenvalue weighted by Crippen LogP contribution is 2.20. The molecule has 0 amide bonds. The van der Waals surface area contributed by atoms with Crippen molar-refractivity contribution in [3.63, 3.8) is 0 Å². The molecule has 0 saturated heterocycles. The SMILES string of the molecule is CN=C(NCCCOCC(C)C)NCC(c1ccc(OC)cc1)N(C)C.I. The molecule has 1 aromatic rings. The fourth-order valence-corrected chi connectivity index (χ4v) is 2.54. The zero-order chi connectivity index (χ0) is 19.4. The maximum atomic E-state index is 5.60. The molecule has 0 aliphatic heterocycles. The summed E-state index contributed by atoms with van der Waals surface area (Å²) >= 11 is 0. The molecule has 0 radical (unpaired) electrons. The summed E-state index contributed by atoms with van der Waals surface area (Å²) in [6.07, 6.45) is 0.961. The lowest BCUT2D eigenvalue weighted by atomic mass is 10.1. The maximum Gasteiger partial charge on any atom is 0.191 e. The second kappa shape index (κ2) is 14.9. The molecule has 156 valence electrons. The smallest absolute Gasteiger partial charge is 0.191 e. The first-order valence-electron chi connectivity index (χ1n) is 9.30. The summed E-state index contributed by atoms with van der Waals surface area (Å²) in [4.78, 5) is 6.50. The van der Waals surface area contributed by atoms with E-state index in [1.54, 1.807) is 14.2 Å². The molecule has 0 bridgehead atoms. The van der Waals surface area contributed by atoms with Gasteiger partial charge >= 0.3 is 0 Å². The van der Waals surface area contributed by atoms with Crippen LogP contribution in [0.4, 0.5) is 0 Å². The van der Waals surface area contributed by atoms with Crippen LogP contribution in [0.3, 0.4) is 0 Å². The number of ether oxygens (including phenoxy) is 2. The molecule has 0 aromatic heterocycles. The molecule has 0 fully saturated rings. The van der Waals surface area contributed by atoms with Gasteiger partial charge in [-0.1, -0.05) is 26.0 Å². The van der Waals surface area contributed by atoms with Gasteiger partial charge in [0.25, 0.3) is 0 Å². The van der Waals surface area contributed by atoms with Crippen LogP contribution >= 0.6 is 24.0 Å². The highest BCUT2D eigenvalue weighted by molar-refractivity contribution is 14.0. The number of benzene rings is 1. The van der Waals surface area contributed by atoms with Gasteiger partial charge in [0.1, 0.15) is 5.75 Å². The normalized spacial score (nSPS) is 12.7. The Labute approximate surface area is 182 Å². The molecule has 1 unspecified atom stereocenters. The number of rotatable bonds is 11. The van der Waals surface area contributed by atoms with Gasteiger partial charge in [-0.25, -0.2) is 0 Å². The second-order valence-electron chi connectivity index (χ2n) is 6.95. The van der Waals surface area contributed by atoms with Gasteiger partial charge in [0.2, 0.25) is 0 Å². The van der Waals surface area contributed by atoms with Crippen LogP contribution in [0.25, 0.3) is 0 Å². The molecule has 0 spiro atoms. The molecular weight excluding hydrogens is 455 g/mol. The van der Waals surface area contributed by atoms with E-state index in [0.29, 0.717) is 5.92 Å². The molecule has 27 heavy (non-hydrogen) atoms. The maximum absolute atomic E-state index is 5.60. The number of halogens is 1.